The van der Waals surface area contributed by atoms with Crippen LogP contribution in [0.5, 0.6) is 11.5 Å². The van der Waals surface area contributed by atoms with Crippen molar-refractivity contribution in [2.24, 2.45) is 0 Å². The maximum absolute atomic E-state index is 13.7. The van der Waals surface area contributed by atoms with Gasteiger partial charge in [-0.05, 0) is 38.1 Å². The van der Waals surface area contributed by atoms with Crippen LogP contribution in [0.2, 0.25) is 5.02 Å². The minimum atomic E-state index is -1.02. The molecule has 0 aromatic heterocycles. The highest BCUT2D eigenvalue weighted by molar-refractivity contribution is 6.33. The van der Waals surface area contributed by atoms with E-state index in [-0.39, 0.29) is 5.02 Å². The average molecular weight is 396 g/mol. The molecule has 8 heteroatoms. The summed E-state index contributed by atoms with van der Waals surface area (Å²) in [6, 6.07) is 8.69. The summed E-state index contributed by atoms with van der Waals surface area (Å²) in [5.74, 6) is -1.40. The summed E-state index contributed by atoms with van der Waals surface area (Å²) in [4.78, 5) is 23.9. The zero-order chi connectivity index (χ0) is 19.8. The molecule has 0 saturated heterocycles. The normalized spacial score (nSPS) is 10.2. The Morgan fingerprint density at radius 3 is 2.44 bits per heavy atom. The van der Waals surface area contributed by atoms with Gasteiger partial charge in [-0.3, -0.25) is 4.79 Å². The van der Waals surface area contributed by atoms with E-state index < -0.39 is 29.9 Å². The quantitative estimate of drug-likeness (QED) is 0.682. The number of carbonyl (C=O) groups is 2. The molecule has 144 valence electrons. The van der Waals surface area contributed by atoms with E-state index in [4.69, 9.17) is 25.8 Å². The number of nitrogens with one attached hydrogen (secondary N) is 1. The molecule has 0 aliphatic heterocycles. The molecule has 0 aliphatic carbocycles. The van der Waals surface area contributed by atoms with Crippen molar-refractivity contribution in [2.75, 3.05) is 25.1 Å². The average Bonchev–Trinajstić information content (AvgIpc) is 2.62. The fraction of sp³-hybridized carbons (Fsp3) is 0.263. The predicted molar refractivity (Wildman–Crippen MR) is 99.1 cm³/mol. The molecule has 0 spiro atoms. The maximum Gasteiger partial charge on any atom is 0.343 e. The molecular weight excluding hydrogens is 377 g/mol. The first kappa shape index (κ1) is 20.5. The van der Waals surface area contributed by atoms with Crippen molar-refractivity contribution in [3.8, 4) is 11.5 Å². The van der Waals surface area contributed by atoms with Crippen molar-refractivity contribution in [1.29, 1.82) is 0 Å². The van der Waals surface area contributed by atoms with Crippen molar-refractivity contribution in [3.05, 3.63) is 52.8 Å². The van der Waals surface area contributed by atoms with Crippen LogP contribution in [-0.2, 0) is 9.53 Å². The van der Waals surface area contributed by atoms with Gasteiger partial charge in [-0.2, -0.15) is 0 Å². The minimum Gasteiger partial charge on any atom is -0.490 e. The van der Waals surface area contributed by atoms with E-state index in [2.05, 4.69) is 5.32 Å². The van der Waals surface area contributed by atoms with Gasteiger partial charge in [0, 0.05) is 11.8 Å². The molecule has 2 aromatic carbocycles. The molecule has 0 radical (unpaired) electrons. The van der Waals surface area contributed by atoms with E-state index in [1.807, 2.05) is 13.8 Å². The van der Waals surface area contributed by atoms with Gasteiger partial charge in [0.25, 0.3) is 5.91 Å². The SMILES string of the molecule is CCOc1ccc(NC(=O)COC(=O)c2c(F)cccc2Cl)cc1OCC. The molecular formula is C19H19ClFNO5. The van der Waals surface area contributed by atoms with Crippen LogP contribution in [0.25, 0.3) is 0 Å². The Kier molecular flexibility index (Phi) is 7.43. The molecule has 6 nitrogen and oxygen atoms in total. The van der Waals surface area contributed by atoms with Crippen molar-refractivity contribution in [1.82, 2.24) is 0 Å². The zero-order valence-electron chi connectivity index (χ0n) is 14.9. The van der Waals surface area contributed by atoms with Crippen molar-refractivity contribution < 1.29 is 28.2 Å². The number of hydrogen-bond acceptors (Lipinski definition) is 5. The molecule has 0 aliphatic rings. The summed E-state index contributed by atoms with van der Waals surface area (Å²) in [5, 5.41) is 2.48. The van der Waals surface area contributed by atoms with E-state index in [0.29, 0.717) is 30.4 Å². The Morgan fingerprint density at radius 2 is 1.78 bits per heavy atom. The Bertz CT molecular complexity index is 807. The molecule has 0 atom stereocenters. The second-order valence-corrected chi connectivity index (χ2v) is 5.66. The van der Waals surface area contributed by atoms with Crippen LogP contribution in [0.1, 0.15) is 24.2 Å². The van der Waals surface area contributed by atoms with Gasteiger partial charge < -0.3 is 19.5 Å². The first-order chi connectivity index (χ1) is 13.0. The number of hydrogen-bond donors (Lipinski definition) is 1. The molecule has 0 unspecified atom stereocenters. The second-order valence-electron chi connectivity index (χ2n) is 5.25. The second kappa shape index (κ2) is 9.78. The van der Waals surface area contributed by atoms with Crippen molar-refractivity contribution in [3.63, 3.8) is 0 Å². The molecule has 1 amide bonds. The molecule has 0 bridgehead atoms. The van der Waals surface area contributed by atoms with Crippen LogP contribution in [0, 0.1) is 5.82 Å². The molecule has 2 rings (SSSR count). The van der Waals surface area contributed by atoms with Crippen LogP contribution < -0.4 is 14.8 Å². The largest absolute Gasteiger partial charge is 0.490 e. The topological polar surface area (TPSA) is 73.9 Å². The van der Waals surface area contributed by atoms with Gasteiger partial charge in [0.1, 0.15) is 11.4 Å². The van der Waals surface area contributed by atoms with Crippen LogP contribution in [0.15, 0.2) is 36.4 Å². The van der Waals surface area contributed by atoms with Crippen LogP contribution in [0.3, 0.4) is 0 Å². The number of carbonyl (C=O) groups excluding carboxylic acids is 2. The fourth-order valence-corrected chi connectivity index (χ4v) is 2.46. The van der Waals surface area contributed by atoms with Gasteiger partial charge in [-0.15, -0.1) is 0 Å². The van der Waals surface area contributed by atoms with Gasteiger partial charge in [-0.1, -0.05) is 17.7 Å². The fourth-order valence-electron chi connectivity index (χ4n) is 2.22. The number of halogens is 2. The summed E-state index contributed by atoms with van der Waals surface area (Å²) in [5.41, 5.74) is 0.0264. The first-order valence-corrected chi connectivity index (χ1v) is 8.64. The number of benzene rings is 2. The summed E-state index contributed by atoms with van der Waals surface area (Å²) in [6.07, 6.45) is 0. The zero-order valence-corrected chi connectivity index (χ0v) is 15.6. The maximum atomic E-state index is 13.7. The molecule has 0 saturated carbocycles. The van der Waals surface area contributed by atoms with E-state index >= 15 is 0 Å². The predicted octanol–water partition coefficient (Wildman–Crippen LogP) is 4.07. The van der Waals surface area contributed by atoms with Crippen molar-refractivity contribution in [2.45, 2.75) is 13.8 Å². The lowest BCUT2D eigenvalue weighted by molar-refractivity contribution is -0.119. The molecule has 27 heavy (non-hydrogen) atoms. The summed E-state index contributed by atoms with van der Waals surface area (Å²) in [7, 11) is 0. The van der Waals surface area contributed by atoms with E-state index in [0.717, 1.165) is 6.07 Å². The third-order valence-corrected chi connectivity index (χ3v) is 3.64. The molecule has 2 aromatic rings. The van der Waals surface area contributed by atoms with Gasteiger partial charge in [0.05, 0.1) is 18.2 Å². The minimum absolute atomic E-state index is 0.0896. The number of rotatable bonds is 8. The van der Waals surface area contributed by atoms with Gasteiger partial charge in [0.2, 0.25) is 0 Å². The Hall–Kier alpha value is -2.80. The Labute approximate surface area is 161 Å². The highest BCUT2D eigenvalue weighted by Gasteiger charge is 2.18. The van der Waals surface area contributed by atoms with E-state index in [1.54, 1.807) is 18.2 Å². The number of ether oxygens (including phenoxy) is 3. The smallest absolute Gasteiger partial charge is 0.343 e. The first-order valence-electron chi connectivity index (χ1n) is 8.26. The standard InChI is InChI=1S/C19H19ClFNO5/c1-3-25-15-9-8-12(10-16(15)26-4-2)22-17(23)11-27-19(24)18-13(20)6-5-7-14(18)21/h5-10H,3-4,11H2,1-2H3,(H,22,23). The monoisotopic (exact) mass is 395 g/mol. The summed E-state index contributed by atoms with van der Waals surface area (Å²) >= 11 is 5.79. The van der Waals surface area contributed by atoms with Gasteiger partial charge in [0.15, 0.2) is 18.1 Å². The highest BCUT2D eigenvalue weighted by Crippen LogP contribution is 2.30. The molecule has 1 N–H and O–H groups in total. The number of anilines is 1. The van der Waals surface area contributed by atoms with Crippen LogP contribution in [-0.4, -0.2) is 31.7 Å². The third kappa shape index (κ3) is 5.59. The molecule has 0 fully saturated rings. The lowest BCUT2D eigenvalue weighted by atomic mass is 10.2. The third-order valence-electron chi connectivity index (χ3n) is 3.33. The summed E-state index contributed by atoms with van der Waals surface area (Å²) < 4.78 is 29.4. The highest BCUT2D eigenvalue weighted by atomic mass is 35.5. The van der Waals surface area contributed by atoms with Crippen molar-refractivity contribution >= 4 is 29.2 Å². The Balaban J connectivity index is 1.99. The van der Waals surface area contributed by atoms with E-state index in [9.17, 15) is 14.0 Å². The lowest BCUT2D eigenvalue weighted by Gasteiger charge is -2.13. The van der Waals surface area contributed by atoms with Crippen LogP contribution in [0.4, 0.5) is 10.1 Å². The van der Waals surface area contributed by atoms with Gasteiger partial charge in [-0.25, -0.2) is 9.18 Å². The number of amides is 1. The summed E-state index contributed by atoms with van der Waals surface area (Å²) in [6.45, 7) is 3.98. The van der Waals surface area contributed by atoms with E-state index in [1.165, 1.54) is 12.1 Å². The molecule has 0 heterocycles. The van der Waals surface area contributed by atoms with Crippen LogP contribution >= 0.6 is 11.6 Å². The number of esters is 1. The lowest BCUT2D eigenvalue weighted by Crippen LogP contribution is -2.21. The Morgan fingerprint density at radius 1 is 1.07 bits per heavy atom. The van der Waals surface area contributed by atoms with Gasteiger partial charge >= 0.3 is 5.97 Å².